The number of aliphatic hydroxyl groups is 1. The van der Waals surface area contributed by atoms with Gasteiger partial charge in [0.05, 0.1) is 23.3 Å². The minimum Gasteiger partial charge on any atom is -0.391 e. The third-order valence-electron chi connectivity index (χ3n) is 2.96. The van der Waals surface area contributed by atoms with Crippen LogP contribution in [0, 0.1) is 11.3 Å². The zero-order valence-corrected chi connectivity index (χ0v) is 9.41. The van der Waals surface area contributed by atoms with Crippen molar-refractivity contribution < 1.29 is 18.3 Å². The highest BCUT2D eigenvalue weighted by molar-refractivity contribution is 5.55. The van der Waals surface area contributed by atoms with Gasteiger partial charge in [0.15, 0.2) is 0 Å². The first kappa shape index (κ1) is 12.7. The summed E-state index contributed by atoms with van der Waals surface area (Å²) in [5.41, 5.74) is -0.923. The number of rotatable bonds is 1. The lowest BCUT2D eigenvalue weighted by molar-refractivity contribution is -0.137. The molecule has 1 aromatic rings. The Balaban J connectivity index is 2.38. The Hall–Kier alpha value is -1.74. The van der Waals surface area contributed by atoms with Crippen molar-refractivity contribution in [1.82, 2.24) is 0 Å². The normalized spacial score (nSPS) is 19.9. The first-order chi connectivity index (χ1) is 8.41. The number of hydrogen-bond acceptors (Lipinski definition) is 3. The van der Waals surface area contributed by atoms with Gasteiger partial charge in [-0.3, -0.25) is 0 Å². The molecule has 1 heterocycles. The highest BCUT2D eigenvalue weighted by atomic mass is 19.4. The van der Waals surface area contributed by atoms with Crippen molar-refractivity contribution in [1.29, 1.82) is 5.26 Å². The quantitative estimate of drug-likeness (QED) is 0.837. The number of aliphatic hydroxyl groups excluding tert-OH is 1. The van der Waals surface area contributed by atoms with E-state index >= 15 is 0 Å². The lowest BCUT2D eigenvalue weighted by Gasteiger charge is -2.19. The molecule has 0 unspecified atom stereocenters. The number of nitriles is 1. The van der Waals surface area contributed by atoms with Crippen molar-refractivity contribution in [3.05, 3.63) is 29.3 Å². The SMILES string of the molecule is N#Cc1ccc(N2CC[C@H](O)C2)cc1C(F)(F)F. The van der Waals surface area contributed by atoms with Crippen LogP contribution in [-0.4, -0.2) is 24.3 Å². The van der Waals surface area contributed by atoms with E-state index in [0.717, 1.165) is 6.07 Å². The van der Waals surface area contributed by atoms with E-state index in [-0.39, 0.29) is 5.56 Å². The standard InChI is InChI=1S/C12H11F3N2O/c13-12(14,15)11-5-9(2-1-8(11)6-16)17-4-3-10(18)7-17/h1-2,5,10,18H,3-4,7H2/t10-/m0/s1. The molecule has 1 aromatic carbocycles. The van der Waals surface area contributed by atoms with Crippen molar-refractivity contribution >= 4 is 5.69 Å². The van der Waals surface area contributed by atoms with Gasteiger partial charge in [0.1, 0.15) is 0 Å². The highest BCUT2D eigenvalue weighted by Crippen LogP contribution is 2.35. The average Bonchev–Trinajstić information content (AvgIpc) is 2.74. The van der Waals surface area contributed by atoms with Crippen LogP contribution in [-0.2, 0) is 6.18 Å². The summed E-state index contributed by atoms with van der Waals surface area (Å²) >= 11 is 0. The Kier molecular flexibility index (Phi) is 3.18. The summed E-state index contributed by atoms with van der Waals surface area (Å²) in [6.45, 7) is 0.841. The van der Waals surface area contributed by atoms with Gasteiger partial charge in [0, 0.05) is 18.8 Å². The first-order valence-electron chi connectivity index (χ1n) is 5.46. The first-order valence-corrected chi connectivity index (χ1v) is 5.46. The lowest BCUT2D eigenvalue weighted by atomic mass is 10.1. The molecule has 1 N–H and O–H groups in total. The lowest BCUT2D eigenvalue weighted by Crippen LogP contribution is -2.22. The van der Waals surface area contributed by atoms with Crippen LogP contribution in [0.4, 0.5) is 18.9 Å². The fourth-order valence-corrected chi connectivity index (χ4v) is 2.04. The van der Waals surface area contributed by atoms with Crippen LogP contribution in [0.15, 0.2) is 18.2 Å². The molecule has 18 heavy (non-hydrogen) atoms. The van der Waals surface area contributed by atoms with Crippen LogP contribution in [0.2, 0.25) is 0 Å². The largest absolute Gasteiger partial charge is 0.417 e. The van der Waals surface area contributed by atoms with Gasteiger partial charge >= 0.3 is 6.18 Å². The molecule has 0 saturated carbocycles. The van der Waals surface area contributed by atoms with Crippen LogP contribution in [0.1, 0.15) is 17.5 Å². The van der Waals surface area contributed by atoms with E-state index in [0.29, 0.717) is 25.2 Å². The second-order valence-electron chi connectivity index (χ2n) is 4.23. The number of β-amino-alcohol motifs (C(OH)–C–C–N with tert-alkyl or cyclic N) is 1. The molecule has 0 amide bonds. The Labute approximate surface area is 102 Å². The monoisotopic (exact) mass is 256 g/mol. The van der Waals surface area contributed by atoms with Gasteiger partial charge in [-0.05, 0) is 24.6 Å². The molecular weight excluding hydrogens is 245 g/mol. The van der Waals surface area contributed by atoms with E-state index in [1.54, 1.807) is 11.0 Å². The second kappa shape index (κ2) is 4.50. The van der Waals surface area contributed by atoms with E-state index in [1.807, 2.05) is 0 Å². The Morgan fingerprint density at radius 3 is 2.61 bits per heavy atom. The van der Waals surface area contributed by atoms with Gasteiger partial charge in [-0.1, -0.05) is 0 Å². The van der Waals surface area contributed by atoms with Gasteiger partial charge in [-0.15, -0.1) is 0 Å². The molecule has 0 spiro atoms. The number of anilines is 1. The number of alkyl halides is 3. The van der Waals surface area contributed by atoms with Gasteiger partial charge in [-0.25, -0.2) is 0 Å². The van der Waals surface area contributed by atoms with Gasteiger partial charge in [-0.2, -0.15) is 18.4 Å². The minimum absolute atomic E-state index is 0.323. The fourth-order valence-electron chi connectivity index (χ4n) is 2.04. The van der Waals surface area contributed by atoms with Gasteiger partial charge in [0.2, 0.25) is 0 Å². The molecule has 2 rings (SSSR count). The molecule has 1 atom stereocenters. The maximum Gasteiger partial charge on any atom is 0.417 e. The molecule has 1 fully saturated rings. The third-order valence-corrected chi connectivity index (χ3v) is 2.96. The topological polar surface area (TPSA) is 47.3 Å². The summed E-state index contributed by atoms with van der Waals surface area (Å²) in [4.78, 5) is 1.68. The molecule has 0 aromatic heterocycles. The van der Waals surface area contributed by atoms with E-state index in [1.165, 1.54) is 12.1 Å². The molecule has 1 aliphatic heterocycles. The van der Waals surface area contributed by atoms with E-state index in [2.05, 4.69) is 0 Å². The summed E-state index contributed by atoms with van der Waals surface area (Å²) in [5.74, 6) is 0. The Morgan fingerprint density at radius 1 is 1.39 bits per heavy atom. The molecule has 96 valence electrons. The molecular formula is C12H11F3N2O. The maximum absolute atomic E-state index is 12.8. The number of hydrogen-bond donors (Lipinski definition) is 1. The number of nitrogens with zero attached hydrogens (tertiary/aromatic N) is 2. The maximum atomic E-state index is 12.8. The minimum atomic E-state index is -4.54. The van der Waals surface area contributed by atoms with Crippen molar-refractivity contribution in [2.45, 2.75) is 18.7 Å². The molecule has 1 aliphatic rings. The van der Waals surface area contributed by atoms with Crippen LogP contribution < -0.4 is 4.90 Å². The van der Waals surface area contributed by atoms with Crippen LogP contribution in [0.3, 0.4) is 0 Å². The summed E-state index contributed by atoms with van der Waals surface area (Å²) in [5, 5.41) is 18.1. The highest BCUT2D eigenvalue weighted by Gasteiger charge is 2.34. The molecule has 0 aliphatic carbocycles. The van der Waals surface area contributed by atoms with E-state index in [4.69, 9.17) is 5.26 Å². The smallest absolute Gasteiger partial charge is 0.391 e. The predicted molar refractivity (Wildman–Crippen MR) is 59.0 cm³/mol. The van der Waals surface area contributed by atoms with Crippen LogP contribution >= 0.6 is 0 Å². The summed E-state index contributed by atoms with van der Waals surface area (Å²) in [6.07, 6.45) is -4.50. The summed E-state index contributed by atoms with van der Waals surface area (Å²) in [6, 6.07) is 5.16. The fraction of sp³-hybridized carbons (Fsp3) is 0.417. The zero-order valence-electron chi connectivity index (χ0n) is 9.41. The second-order valence-corrected chi connectivity index (χ2v) is 4.23. The van der Waals surface area contributed by atoms with Crippen molar-refractivity contribution in [2.75, 3.05) is 18.0 Å². The molecule has 6 heteroatoms. The van der Waals surface area contributed by atoms with Crippen LogP contribution in [0.5, 0.6) is 0 Å². The van der Waals surface area contributed by atoms with Crippen molar-refractivity contribution in [3.63, 3.8) is 0 Å². The van der Waals surface area contributed by atoms with E-state index in [9.17, 15) is 18.3 Å². The Bertz CT molecular complexity index is 493. The number of halogens is 3. The summed E-state index contributed by atoms with van der Waals surface area (Å²) < 4.78 is 38.3. The Morgan fingerprint density at radius 2 is 2.11 bits per heavy atom. The number of benzene rings is 1. The predicted octanol–water partition coefficient (Wildman–Crippen LogP) is 2.15. The van der Waals surface area contributed by atoms with Crippen molar-refractivity contribution in [3.8, 4) is 6.07 Å². The van der Waals surface area contributed by atoms with E-state index < -0.39 is 17.8 Å². The average molecular weight is 256 g/mol. The van der Waals surface area contributed by atoms with Crippen LogP contribution in [0.25, 0.3) is 0 Å². The molecule has 0 radical (unpaired) electrons. The van der Waals surface area contributed by atoms with Crippen molar-refractivity contribution in [2.24, 2.45) is 0 Å². The summed E-state index contributed by atoms with van der Waals surface area (Å²) in [7, 11) is 0. The van der Waals surface area contributed by atoms with Gasteiger partial charge in [0.25, 0.3) is 0 Å². The van der Waals surface area contributed by atoms with Gasteiger partial charge < -0.3 is 10.0 Å². The molecule has 3 nitrogen and oxygen atoms in total. The molecule has 0 bridgehead atoms. The zero-order chi connectivity index (χ0) is 13.3. The molecule has 1 saturated heterocycles. The third kappa shape index (κ3) is 2.41.